The van der Waals surface area contributed by atoms with Crippen LogP contribution in [0.5, 0.6) is 0 Å². The number of nitrogens with zero attached hydrogens (tertiary/aromatic N) is 1. The standard InChI is InChI=1S/C23H20ClFN4O4/c1-10-6-12(24)7-14-19(10)27-22(33)23(14)18-17(15(28-23)8-16(26)30)20(31)29(21(18)32)9-11-2-4-13(25)5-3-11/h2-7,15,17-18,28H,8-9H2,1H3,(H2,26,30)(H,27,33)/t15-,17-,18+,23+/m1/s1. The van der Waals surface area contributed by atoms with E-state index in [0.717, 1.165) is 4.90 Å². The monoisotopic (exact) mass is 470 g/mol. The number of hydrogen-bond donors (Lipinski definition) is 3. The molecule has 2 aromatic carbocycles. The first-order valence-electron chi connectivity index (χ1n) is 10.4. The summed E-state index contributed by atoms with van der Waals surface area (Å²) in [4.78, 5) is 53.3. The number of benzene rings is 2. The van der Waals surface area contributed by atoms with Gasteiger partial charge in [0, 0.05) is 28.7 Å². The predicted octanol–water partition coefficient (Wildman–Crippen LogP) is 1.58. The van der Waals surface area contributed by atoms with Gasteiger partial charge in [-0.1, -0.05) is 23.7 Å². The number of carbonyl (C=O) groups excluding carboxylic acids is 4. The molecule has 4 N–H and O–H groups in total. The number of anilines is 1. The van der Waals surface area contributed by atoms with Crippen molar-refractivity contribution in [1.82, 2.24) is 10.2 Å². The van der Waals surface area contributed by atoms with Gasteiger partial charge in [0.2, 0.25) is 23.6 Å². The van der Waals surface area contributed by atoms with Gasteiger partial charge in [-0.3, -0.25) is 29.4 Å². The van der Waals surface area contributed by atoms with Gasteiger partial charge in [-0.15, -0.1) is 0 Å². The Morgan fingerprint density at radius 1 is 1.18 bits per heavy atom. The number of hydrogen-bond acceptors (Lipinski definition) is 5. The van der Waals surface area contributed by atoms with Crippen LogP contribution in [-0.2, 0) is 31.3 Å². The number of carbonyl (C=O) groups is 4. The Labute approximate surface area is 193 Å². The third kappa shape index (κ3) is 3.07. The first-order chi connectivity index (χ1) is 15.6. The first kappa shape index (κ1) is 21.5. The second-order valence-corrected chi connectivity index (χ2v) is 9.16. The van der Waals surface area contributed by atoms with E-state index in [2.05, 4.69) is 10.6 Å². The van der Waals surface area contributed by atoms with Crippen molar-refractivity contribution in [3.63, 3.8) is 0 Å². The van der Waals surface area contributed by atoms with Crippen molar-refractivity contribution in [2.45, 2.75) is 31.5 Å². The number of aryl methyl sites for hydroxylation is 1. The topological polar surface area (TPSA) is 122 Å². The molecule has 10 heteroatoms. The van der Waals surface area contributed by atoms with Crippen LogP contribution in [0.2, 0.25) is 5.02 Å². The van der Waals surface area contributed by atoms with Crippen molar-refractivity contribution in [2.24, 2.45) is 17.6 Å². The Hall–Kier alpha value is -3.30. The molecule has 0 bridgehead atoms. The lowest BCUT2D eigenvalue weighted by molar-refractivity contribution is -0.143. The lowest BCUT2D eigenvalue weighted by Crippen LogP contribution is -2.53. The predicted molar refractivity (Wildman–Crippen MR) is 116 cm³/mol. The second-order valence-electron chi connectivity index (χ2n) is 8.72. The van der Waals surface area contributed by atoms with Gasteiger partial charge in [-0.25, -0.2) is 4.39 Å². The van der Waals surface area contributed by atoms with Crippen molar-refractivity contribution in [3.05, 3.63) is 63.9 Å². The van der Waals surface area contributed by atoms with Crippen LogP contribution < -0.4 is 16.4 Å². The zero-order chi connectivity index (χ0) is 23.7. The molecule has 0 aromatic heterocycles. The maximum Gasteiger partial charge on any atom is 0.250 e. The number of imide groups is 1. The highest BCUT2D eigenvalue weighted by Gasteiger charge is 2.70. The maximum absolute atomic E-state index is 13.6. The molecule has 3 aliphatic heterocycles. The summed E-state index contributed by atoms with van der Waals surface area (Å²) in [7, 11) is 0. The van der Waals surface area contributed by atoms with Crippen LogP contribution in [0.25, 0.3) is 0 Å². The summed E-state index contributed by atoms with van der Waals surface area (Å²) >= 11 is 6.28. The Bertz CT molecular complexity index is 1230. The number of likely N-dealkylation sites (tertiary alicyclic amines) is 1. The Balaban J connectivity index is 1.62. The zero-order valence-corrected chi connectivity index (χ0v) is 18.3. The molecule has 8 nitrogen and oxygen atoms in total. The molecule has 0 unspecified atom stereocenters. The van der Waals surface area contributed by atoms with Crippen LogP contribution in [0.1, 0.15) is 23.1 Å². The number of nitrogens with one attached hydrogen (secondary N) is 2. The molecular formula is C23H20ClFN4O4. The lowest BCUT2D eigenvalue weighted by atomic mass is 9.76. The first-order valence-corrected chi connectivity index (χ1v) is 10.8. The van der Waals surface area contributed by atoms with E-state index in [1.54, 1.807) is 19.1 Å². The zero-order valence-electron chi connectivity index (χ0n) is 17.5. The van der Waals surface area contributed by atoms with Crippen molar-refractivity contribution in [2.75, 3.05) is 5.32 Å². The Morgan fingerprint density at radius 2 is 1.88 bits per heavy atom. The minimum atomic E-state index is -1.57. The molecule has 2 fully saturated rings. The Morgan fingerprint density at radius 3 is 2.55 bits per heavy atom. The fourth-order valence-corrected chi connectivity index (χ4v) is 5.69. The van der Waals surface area contributed by atoms with Crippen molar-refractivity contribution < 1.29 is 23.6 Å². The SMILES string of the molecule is Cc1cc(Cl)cc2c1NC(=O)[C@]21N[C@H](CC(N)=O)[C@H]2C(=O)N(Cc3ccc(F)cc3)C(=O)[C@H]21. The smallest absolute Gasteiger partial charge is 0.250 e. The average Bonchev–Trinajstić information content (AvgIpc) is 3.31. The fourth-order valence-electron chi connectivity index (χ4n) is 5.41. The van der Waals surface area contributed by atoms with Gasteiger partial charge in [0.25, 0.3) is 0 Å². The number of primary amides is 1. The van der Waals surface area contributed by atoms with Gasteiger partial charge in [0.05, 0.1) is 18.4 Å². The van der Waals surface area contributed by atoms with Crippen LogP contribution in [0.4, 0.5) is 10.1 Å². The molecule has 5 rings (SSSR count). The fraction of sp³-hybridized carbons (Fsp3) is 0.304. The summed E-state index contributed by atoms with van der Waals surface area (Å²) in [5, 5.41) is 6.32. The van der Waals surface area contributed by atoms with Crippen LogP contribution in [0.15, 0.2) is 36.4 Å². The average molecular weight is 471 g/mol. The molecule has 33 heavy (non-hydrogen) atoms. The molecule has 0 saturated carbocycles. The number of amides is 4. The summed E-state index contributed by atoms with van der Waals surface area (Å²) in [6, 6.07) is 7.92. The summed E-state index contributed by atoms with van der Waals surface area (Å²) < 4.78 is 13.3. The number of nitrogens with two attached hydrogens (primary N) is 1. The van der Waals surface area contributed by atoms with Crippen molar-refractivity contribution in [1.29, 1.82) is 0 Å². The summed E-state index contributed by atoms with van der Waals surface area (Å²) in [6.07, 6.45) is -0.228. The molecule has 2 aromatic rings. The van der Waals surface area contributed by atoms with E-state index in [9.17, 15) is 23.6 Å². The normalized spacial score (nSPS) is 27.8. The quantitative estimate of drug-likeness (QED) is 0.586. The summed E-state index contributed by atoms with van der Waals surface area (Å²) in [5.74, 6) is -4.71. The molecule has 0 radical (unpaired) electrons. The van der Waals surface area contributed by atoms with Crippen molar-refractivity contribution >= 4 is 40.9 Å². The van der Waals surface area contributed by atoms with E-state index in [1.807, 2.05) is 0 Å². The third-order valence-electron chi connectivity index (χ3n) is 6.75. The third-order valence-corrected chi connectivity index (χ3v) is 6.97. The van der Waals surface area contributed by atoms with Crippen LogP contribution in [-0.4, -0.2) is 34.6 Å². The summed E-state index contributed by atoms with van der Waals surface area (Å²) in [6.45, 7) is 1.70. The number of fused-ring (bicyclic) bond motifs is 4. The minimum absolute atomic E-state index is 0.0760. The van der Waals surface area contributed by atoms with E-state index >= 15 is 0 Å². The van der Waals surface area contributed by atoms with E-state index in [-0.39, 0.29) is 13.0 Å². The van der Waals surface area contributed by atoms with Gasteiger partial charge >= 0.3 is 0 Å². The molecule has 3 aliphatic rings. The maximum atomic E-state index is 13.6. The minimum Gasteiger partial charge on any atom is -0.370 e. The van der Waals surface area contributed by atoms with E-state index in [1.165, 1.54) is 24.3 Å². The van der Waals surface area contributed by atoms with E-state index in [4.69, 9.17) is 17.3 Å². The van der Waals surface area contributed by atoms with Crippen LogP contribution in [0.3, 0.4) is 0 Å². The molecule has 3 heterocycles. The lowest BCUT2D eigenvalue weighted by Gasteiger charge is -2.29. The Kier molecular flexibility index (Phi) is 4.80. The molecule has 0 aliphatic carbocycles. The van der Waals surface area contributed by atoms with Gasteiger partial charge in [0.1, 0.15) is 11.4 Å². The highest BCUT2D eigenvalue weighted by atomic mass is 35.5. The van der Waals surface area contributed by atoms with Crippen LogP contribution >= 0.6 is 11.6 Å². The van der Waals surface area contributed by atoms with Gasteiger partial charge in [0.15, 0.2) is 0 Å². The second kappa shape index (κ2) is 7.36. The van der Waals surface area contributed by atoms with Crippen molar-refractivity contribution in [3.8, 4) is 0 Å². The number of rotatable bonds is 4. The van der Waals surface area contributed by atoms with Gasteiger partial charge < -0.3 is 11.1 Å². The van der Waals surface area contributed by atoms with Gasteiger partial charge in [-0.2, -0.15) is 0 Å². The molecule has 4 amide bonds. The molecular weight excluding hydrogens is 451 g/mol. The molecule has 4 atom stereocenters. The van der Waals surface area contributed by atoms with E-state index < -0.39 is 52.9 Å². The highest BCUT2D eigenvalue weighted by molar-refractivity contribution is 6.31. The molecule has 2 saturated heterocycles. The largest absolute Gasteiger partial charge is 0.370 e. The van der Waals surface area contributed by atoms with E-state index in [0.29, 0.717) is 27.4 Å². The summed E-state index contributed by atoms with van der Waals surface area (Å²) in [5.41, 5.74) is 6.10. The molecule has 170 valence electrons. The van der Waals surface area contributed by atoms with Gasteiger partial charge in [-0.05, 0) is 42.3 Å². The molecule has 1 spiro atoms. The number of halogens is 2. The highest BCUT2D eigenvalue weighted by Crippen LogP contribution is 2.54. The van der Waals surface area contributed by atoms with Crippen LogP contribution in [0, 0.1) is 24.6 Å².